The minimum atomic E-state index is -0.253. The second kappa shape index (κ2) is 12.3. The van der Waals surface area contributed by atoms with Crippen LogP contribution < -0.4 is 15.7 Å². The molecule has 0 atom stereocenters. The van der Waals surface area contributed by atoms with Crippen LogP contribution in [-0.4, -0.2) is 11.4 Å². The molecule has 9 aromatic rings. The molecule has 65 heavy (non-hydrogen) atoms. The van der Waals surface area contributed by atoms with Gasteiger partial charge in [-0.1, -0.05) is 150 Å². The highest BCUT2D eigenvalue weighted by molar-refractivity contribution is 6.94. The van der Waals surface area contributed by atoms with E-state index in [1.54, 1.807) is 0 Å². The number of rotatable bonds is 1. The zero-order valence-electron chi connectivity index (χ0n) is 40.3. The molecule has 2 aliphatic carbocycles. The quantitative estimate of drug-likeness (QED) is 0.154. The van der Waals surface area contributed by atoms with Gasteiger partial charge in [0, 0.05) is 55.7 Å². The molecule has 13 rings (SSSR count). The molecular formula is C61H59BN2O. The number of fused-ring (bicyclic) bond motifs is 17. The van der Waals surface area contributed by atoms with E-state index in [0.29, 0.717) is 0 Å². The van der Waals surface area contributed by atoms with Gasteiger partial charge >= 0.3 is 6.85 Å². The third-order valence-corrected chi connectivity index (χ3v) is 16.7. The maximum Gasteiger partial charge on any atom is 0.333 e. The van der Waals surface area contributed by atoms with E-state index < -0.39 is 0 Å². The fourth-order valence-electron chi connectivity index (χ4n) is 13.0. The van der Waals surface area contributed by atoms with E-state index in [2.05, 4.69) is 208 Å². The molecule has 0 radical (unpaired) electrons. The average Bonchev–Trinajstić information content (AvgIpc) is 3.88. The van der Waals surface area contributed by atoms with Crippen LogP contribution in [0.4, 0.5) is 11.4 Å². The van der Waals surface area contributed by atoms with Crippen LogP contribution in [0.1, 0.15) is 129 Å². The Morgan fingerprint density at radius 2 is 1.22 bits per heavy atom. The molecule has 0 spiro atoms. The van der Waals surface area contributed by atoms with Gasteiger partial charge < -0.3 is 13.8 Å². The van der Waals surface area contributed by atoms with Gasteiger partial charge in [-0.25, -0.2) is 0 Å². The lowest BCUT2D eigenvalue weighted by atomic mass is 9.43. The van der Waals surface area contributed by atoms with Crippen molar-refractivity contribution in [3.05, 3.63) is 149 Å². The van der Waals surface area contributed by atoms with Gasteiger partial charge in [-0.05, 0) is 138 Å². The Morgan fingerprint density at radius 3 is 1.94 bits per heavy atom. The van der Waals surface area contributed by atoms with Crippen LogP contribution in [-0.2, 0) is 27.1 Å². The Labute approximate surface area is 384 Å². The van der Waals surface area contributed by atoms with Gasteiger partial charge in [-0.15, -0.1) is 0 Å². The van der Waals surface area contributed by atoms with Gasteiger partial charge in [-0.2, -0.15) is 0 Å². The Balaban J connectivity index is 1.29. The SMILES string of the molecule is CC(C)(C)c1ccc(N2B3c4cc5c(cc4-n4c6cc7c(cc6c6c8c(c(c3c64)-c3cc(C(C)(C)C)ccc32)C(C)(C)c2ccccc2-8)C(C)(C)CCC7(C)C)oc2ccccc25)cc1. The molecule has 4 heterocycles. The van der Waals surface area contributed by atoms with Gasteiger partial charge in [0.2, 0.25) is 0 Å². The van der Waals surface area contributed by atoms with Gasteiger partial charge in [0.25, 0.3) is 0 Å². The molecule has 0 amide bonds. The second-order valence-electron chi connectivity index (χ2n) is 24.0. The summed E-state index contributed by atoms with van der Waals surface area (Å²) in [6.45, 7) is 28.8. The van der Waals surface area contributed by atoms with Gasteiger partial charge in [0.1, 0.15) is 11.2 Å². The first-order chi connectivity index (χ1) is 30.8. The van der Waals surface area contributed by atoms with E-state index in [1.165, 1.54) is 124 Å². The van der Waals surface area contributed by atoms with Crippen molar-refractivity contribution in [2.45, 2.75) is 123 Å². The van der Waals surface area contributed by atoms with E-state index >= 15 is 0 Å². The summed E-state index contributed by atoms with van der Waals surface area (Å²) in [5, 5.41) is 5.09. The van der Waals surface area contributed by atoms with E-state index in [-0.39, 0.29) is 33.9 Å². The average molecular weight is 847 g/mol. The topological polar surface area (TPSA) is 21.3 Å². The number of aromatic nitrogens is 1. The number of nitrogens with zero attached hydrogens (tertiary/aromatic N) is 2. The van der Waals surface area contributed by atoms with E-state index in [4.69, 9.17) is 4.42 Å². The lowest BCUT2D eigenvalue weighted by Gasteiger charge is -2.44. The van der Waals surface area contributed by atoms with Gasteiger partial charge in [-0.3, -0.25) is 0 Å². The Hall–Kier alpha value is -6.00. The third-order valence-electron chi connectivity index (χ3n) is 16.7. The normalized spacial score (nSPS) is 17.4. The molecule has 0 unspecified atom stereocenters. The highest BCUT2D eigenvalue weighted by Gasteiger charge is 2.51. The number of para-hydroxylation sites is 1. The summed E-state index contributed by atoms with van der Waals surface area (Å²) in [5.41, 5.74) is 24.9. The van der Waals surface area contributed by atoms with E-state index in [1.807, 2.05) is 0 Å². The Morgan fingerprint density at radius 1 is 0.554 bits per heavy atom. The number of anilines is 2. The molecule has 0 fully saturated rings. The Bertz CT molecular complexity index is 3600. The molecule has 7 aromatic carbocycles. The van der Waals surface area contributed by atoms with Crippen molar-refractivity contribution in [2.24, 2.45) is 0 Å². The number of hydrogen-bond donors (Lipinski definition) is 0. The van der Waals surface area contributed by atoms with Crippen LogP contribution in [0.25, 0.3) is 71.7 Å². The molecule has 2 aliphatic heterocycles. The number of furan rings is 1. The van der Waals surface area contributed by atoms with E-state index in [9.17, 15) is 0 Å². The number of hydrogen-bond acceptors (Lipinski definition) is 2. The van der Waals surface area contributed by atoms with Crippen molar-refractivity contribution >= 4 is 72.9 Å². The molecule has 0 N–H and O–H groups in total. The zero-order chi connectivity index (χ0) is 45.1. The maximum absolute atomic E-state index is 6.83. The molecule has 322 valence electrons. The summed E-state index contributed by atoms with van der Waals surface area (Å²) in [4.78, 5) is 2.71. The maximum atomic E-state index is 6.83. The van der Waals surface area contributed by atoms with Crippen LogP contribution in [0.3, 0.4) is 0 Å². The van der Waals surface area contributed by atoms with Crippen molar-refractivity contribution in [3.63, 3.8) is 0 Å². The summed E-state index contributed by atoms with van der Waals surface area (Å²) in [7, 11) is 0. The van der Waals surface area contributed by atoms with E-state index in [0.717, 1.165) is 16.6 Å². The van der Waals surface area contributed by atoms with Gasteiger partial charge in [0.15, 0.2) is 0 Å². The lowest BCUT2D eigenvalue weighted by Crippen LogP contribution is -2.61. The molecule has 0 bridgehead atoms. The third kappa shape index (κ3) is 5.04. The monoisotopic (exact) mass is 846 g/mol. The van der Waals surface area contributed by atoms with Crippen molar-refractivity contribution in [1.29, 1.82) is 0 Å². The standard InChI is InChI=1S/C61H59BN2O/c1-57(2,3)34-21-24-36(25-22-34)64-46-26-23-35(58(4,5)6)29-40(46)53-54-51(38-18-13-15-19-42(38)61(54,11)12)52-41-30-43-44(60(9,10)28-27-59(43,7)8)32-47(41)63-48-33-50-39(37-17-14-16-20-49(37)65-50)31-45(48)62(64)55(53)56(52)63/h13-26,29-33H,27-28H2,1-12H3. The van der Waals surface area contributed by atoms with Crippen LogP contribution in [0.15, 0.2) is 120 Å². The van der Waals surface area contributed by atoms with Crippen molar-refractivity contribution < 1.29 is 4.42 Å². The van der Waals surface area contributed by atoms with Crippen LogP contribution in [0, 0.1) is 0 Å². The fraction of sp³-hybridized carbons (Fsp3) is 0.311. The fourth-order valence-corrected chi connectivity index (χ4v) is 13.0. The molecule has 4 heteroatoms. The Kier molecular flexibility index (Phi) is 7.43. The summed E-state index contributed by atoms with van der Waals surface area (Å²) < 4.78 is 9.53. The molecule has 2 aromatic heterocycles. The molecular weight excluding hydrogens is 787 g/mol. The highest BCUT2D eigenvalue weighted by Crippen LogP contribution is 2.60. The summed E-state index contributed by atoms with van der Waals surface area (Å²) >= 11 is 0. The molecule has 4 aliphatic rings. The zero-order valence-corrected chi connectivity index (χ0v) is 40.3. The first-order valence-electron chi connectivity index (χ1n) is 24.1. The highest BCUT2D eigenvalue weighted by atomic mass is 16.3. The first-order valence-corrected chi connectivity index (χ1v) is 24.1. The van der Waals surface area contributed by atoms with Crippen molar-refractivity contribution in [3.8, 4) is 27.9 Å². The van der Waals surface area contributed by atoms with Crippen molar-refractivity contribution in [2.75, 3.05) is 4.81 Å². The number of benzene rings is 7. The van der Waals surface area contributed by atoms with Crippen LogP contribution in [0.5, 0.6) is 0 Å². The lowest BCUT2D eigenvalue weighted by molar-refractivity contribution is 0.332. The predicted molar refractivity (Wildman–Crippen MR) is 277 cm³/mol. The second-order valence-corrected chi connectivity index (χ2v) is 24.0. The largest absolute Gasteiger partial charge is 0.456 e. The molecule has 3 nitrogen and oxygen atoms in total. The van der Waals surface area contributed by atoms with Crippen LogP contribution >= 0.6 is 0 Å². The molecule has 0 saturated carbocycles. The summed E-state index contributed by atoms with van der Waals surface area (Å²) in [6.07, 6.45) is 2.34. The minimum absolute atomic E-state index is 0.0362. The first kappa shape index (κ1) is 39.4. The predicted octanol–water partition coefficient (Wildman–Crippen LogP) is 15.2. The minimum Gasteiger partial charge on any atom is -0.456 e. The summed E-state index contributed by atoms with van der Waals surface area (Å²) in [6, 6.07) is 45.1. The van der Waals surface area contributed by atoms with Crippen molar-refractivity contribution in [1.82, 2.24) is 4.57 Å². The summed E-state index contributed by atoms with van der Waals surface area (Å²) in [5.74, 6) is 0. The van der Waals surface area contributed by atoms with Crippen LogP contribution in [0.2, 0.25) is 0 Å². The molecule has 0 saturated heterocycles. The van der Waals surface area contributed by atoms with Gasteiger partial charge in [0.05, 0.1) is 11.0 Å². The smallest absolute Gasteiger partial charge is 0.333 e.